The Labute approximate surface area is 123 Å². The van der Waals surface area contributed by atoms with Gasteiger partial charge in [-0.05, 0) is 33.6 Å². The van der Waals surface area contributed by atoms with Crippen LogP contribution in [0.1, 0.15) is 16.1 Å². The Kier molecular flexibility index (Phi) is 3.23. The zero-order valence-electron chi connectivity index (χ0n) is 10.3. The highest BCUT2D eigenvalue weighted by atomic mass is 79.9. The molecule has 3 aromatic rings. The fraction of sp³-hybridized carbons (Fsp3) is 0.0714. The van der Waals surface area contributed by atoms with Crippen LogP contribution < -0.4 is 0 Å². The smallest absolute Gasteiger partial charge is 0.357 e. The first-order chi connectivity index (χ1) is 9.65. The highest BCUT2D eigenvalue weighted by molar-refractivity contribution is 9.10. The standard InChI is InChI=1S/C14H10BrN3O2/c15-10-5-9(6-16-7-10)8-18-12-4-2-1-3-11(12)13(17-18)14(19)20/h1-7H,8H2,(H,19,20). The zero-order chi connectivity index (χ0) is 14.1. The number of halogens is 1. The average Bonchev–Trinajstić information content (AvgIpc) is 2.78. The Morgan fingerprint density at radius 1 is 1.30 bits per heavy atom. The third-order valence-electron chi connectivity index (χ3n) is 2.95. The number of carbonyl (C=O) groups is 1. The Morgan fingerprint density at radius 3 is 2.85 bits per heavy atom. The number of para-hydroxylation sites is 1. The van der Waals surface area contributed by atoms with Crippen molar-refractivity contribution in [2.75, 3.05) is 0 Å². The van der Waals surface area contributed by atoms with Gasteiger partial charge >= 0.3 is 5.97 Å². The van der Waals surface area contributed by atoms with E-state index in [1.165, 1.54) is 0 Å². The Hall–Kier alpha value is -2.21. The molecular formula is C14H10BrN3O2. The average molecular weight is 332 g/mol. The maximum absolute atomic E-state index is 11.2. The second-order valence-corrected chi connectivity index (χ2v) is 5.26. The highest BCUT2D eigenvalue weighted by Crippen LogP contribution is 2.20. The van der Waals surface area contributed by atoms with E-state index in [1.54, 1.807) is 29.2 Å². The van der Waals surface area contributed by atoms with Crippen LogP contribution >= 0.6 is 15.9 Å². The molecule has 5 nitrogen and oxygen atoms in total. The molecule has 0 aliphatic carbocycles. The van der Waals surface area contributed by atoms with Gasteiger partial charge in [0.25, 0.3) is 0 Å². The molecule has 20 heavy (non-hydrogen) atoms. The molecule has 0 aliphatic rings. The first-order valence-corrected chi connectivity index (χ1v) is 6.73. The van der Waals surface area contributed by atoms with E-state index in [2.05, 4.69) is 26.0 Å². The number of aromatic carboxylic acids is 1. The molecule has 0 radical (unpaired) electrons. The number of fused-ring (bicyclic) bond motifs is 1. The second kappa shape index (κ2) is 5.05. The van der Waals surface area contributed by atoms with Gasteiger partial charge in [0.2, 0.25) is 0 Å². The molecule has 2 heterocycles. The van der Waals surface area contributed by atoms with Crippen molar-refractivity contribution in [3.05, 3.63) is 58.5 Å². The van der Waals surface area contributed by atoms with E-state index < -0.39 is 5.97 Å². The molecule has 0 aliphatic heterocycles. The number of nitrogens with zero attached hydrogens (tertiary/aromatic N) is 3. The van der Waals surface area contributed by atoms with Crippen molar-refractivity contribution in [3.63, 3.8) is 0 Å². The summed E-state index contributed by atoms with van der Waals surface area (Å²) in [5, 5.41) is 14.0. The molecule has 100 valence electrons. The molecule has 0 bridgehead atoms. The lowest BCUT2D eigenvalue weighted by Crippen LogP contribution is -2.04. The summed E-state index contributed by atoms with van der Waals surface area (Å²) in [5.74, 6) is -1.02. The third-order valence-corrected chi connectivity index (χ3v) is 3.39. The summed E-state index contributed by atoms with van der Waals surface area (Å²) in [4.78, 5) is 15.3. The molecule has 0 saturated carbocycles. The van der Waals surface area contributed by atoms with Gasteiger partial charge in [-0.25, -0.2) is 4.79 Å². The van der Waals surface area contributed by atoms with Gasteiger partial charge < -0.3 is 5.11 Å². The Balaban J connectivity index is 2.10. The summed E-state index contributed by atoms with van der Waals surface area (Å²) in [5.41, 5.74) is 1.82. The monoisotopic (exact) mass is 331 g/mol. The second-order valence-electron chi connectivity index (χ2n) is 4.34. The molecule has 1 N–H and O–H groups in total. The first-order valence-electron chi connectivity index (χ1n) is 5.93. The number of hydrogen-bond acceptors (Lipinski definition) is 3. The van der Waals surface area contributed by atoms with Crippen molar-refractivity contribution in [2.45, 2.75) is 6.54 Å². The topological polar surface area (TPSA) is 68.0 Å². The van der Waals surface area contributed by atoms with Crippen LogP contribution in [0.4, 0.5) is 0 Å². The van der Waals surface area contributed by atoms with Crippen LogP contribution in [-0.2, 0) is 6.54 Å². The van der Waals surface area contributed by atoms with Crippen molar-refractivity contribution in [2.24, 2.45) is 0 Å². The minimum atomic E-state index is -1.02. The van der Waals surface area contributed by atoms with Crippen LogP contribution in [0.15, 0.2) is 47.2 Å². The molecule has 2 aromatic heterocycles. The fourth-order valence-electron chi connectivity index (χ4n) is 2.12. The predicted octanol–water partition coefficient (Wildman–Crippen LogP) is 2.94. The number of carboxylic acid groups (broad SMARTS) is 1. The Bertz CT molecular complexity index is 798. The highest BCUT2D eigenvalue weighted by Gasteiger charge is 2.15. The zero-order valence-corrected chi connectivity index (χ0v) is 11.9. The van der Waals surface area contributed by atoms with Crippen molar-refractivity contribution in [1.29, 1.82) is 0 Å². The normalized spacial score (nSPS) is 10.8. The maximum atomic E-state index is 11.2. The SMILES string of the molecule is O=C(O)c1nn(Cc2cncc(Br)c2)c2ccccc12. The lowest BCUT2D eigenvalue weighted by Gasteiger charge is -2.03. The molecule has 0 fully saturated rings. The number of carboxylic acids is 1. The van der Waals surface area contributed by atoms with E-state index in [-0.39, 0.29) is 5.69 Å². The fourth-order valence-corrected chi connectivity index (χ4v) is 2.53. The van der Waals surface area contributed by atoms with Crippen LogP contribution in [0.25, 0.3) is 10.9 Å². The largest absolute Gasteiger partial charge is 0.476 e. The first kappa shape index (κ1) is 12.8. The number of pyridine rings is 1. The van der Waals surface area contributed by atoms with Gasteiger partial charge in [-0.3, -0.25) is 9.67 Å². The van der Waals surface area contributed by atoms with E-state index >= 15 is 0 Å². The van der Waals surface area contributed by atoms with Crippen molar-refractivity contribution in [1.82, 2.24) is 14.8 Å². The lowest BCUT2D eigenvalue weighted by molar-refractivity contribution is 0.0691. The Morgan fingerprint density at radius 2 is 2.10 bits per heavy atom. The van der Waals surface area contributed by atoms with Crippen molar-refractivity contribution >= 4 is 32.8 Å². The summed E-state index contributed by atoms with van der Waals surface area (Å²) >= 11 is 3.37. The van der Waals surface area contributed by atoms with Crippen LogP contribution in [-0.4, -0.2) is 25.8 Å². The van der Waals surface area contributed by atoms with Gasteiger partial charge in [-0.1, -0.05) is 18.2 Å². The van der Waals surface area contributed by atoms with Gasteiger partial charge in [0, 0.05) is 22.3 Å². The summed E-state index contributed by atoms with van der Waals surface area (Å²) in [6.07, 6.45) is 3.44. The van der Waals surface area contributed by atoms with Crippen molar-refractivity contribution in [3.8, 4) is 0 Å². The van der Waals surface area contributed by atoms with Gasteiger partial charge in [0.1, 0.15) is 0 Å². The minimum absolute atomic E-state index is 0.0727. The number of hydrogen-bond donors (Lipinski definition) is 1. The molecule has 1 aromatic carbocycles. The molecule has 0 saturated heterocycles. The summed E-state index contributed by atoms with van der Waals surface area (Å²) in [6, 6.07) is 9.23. The number of rotatable bonds is 3. The summed E-state index contributed by atoms with van der Waals surface area (Å²) in [7, 11) is 0. The van der Waals surface area contributed by atoms with E-state index in [0.717, 1.165) is 15.6 Å². The van der Waals surface area contributed by atoms with E-state index in [9.17, 15) is 9.90 Å². The molecule has 0 atom stereocenters. The van der Waals surface area contributed by atoms with E-state index in [4.69, 9.17) is 0 Å². The van der Waals surface area contributed by atoms with E-state index in [1.807, 2.05) is 18.2 Å². The number of benzene rings is 1. The summed E-state index contributed by atoms with van der Waals surface area (Å²) in [6.45, 7) is 0.472. The predicted molar refractivity (Wildman–Crippen MR) is 77.7 cm³/mol. The molecular weight excluding hydrogens is 322 g/mol. The molecule has 0 spiro atoms. The maximum Gasteiger partial charge on any atom is 0.357 e. The van der Waals surface area contributed by atoms with Gasteiger partial charge in [0.15, 0.2) is 5.69 Å². The summed E-state index contributed by atoms with van der Waals surface area (Å²) < 4.78 is 2.56. The van der Waals surface area contributed by atoms with Gasteiger partial charge in [-0.15, -0.1) is 0 Å². The van der Waals surface area contributed by atoms with Crippen molar-refractivity contribution < 1.29 is 9.90 Å². The van der Waals surface area contributed by atoms with Gasteiger partial charge in [-0.2, -0.15) is 5.10 Å². The van der Waals surface area contributed by atoms with Crippen LogP contribution in [0.3, 0.4) is 0 Å². The molecule has 6 heteroatoms. The third kappa shape index (κ3) is 2.30. The lowest BCUT2D eigenvalue weighted by atomic mass is 10.2. The molecule has 0 amide bonds. The quantitative estimate of drug-likeness (QED) is 0.801. The van der Waals surface area contributed by atoms with Crippen LogP contribution in [0.2, 0.25) is 0 Å². The number of aromatic nitrogens is 3. The van der Waals surface area contributed by atoms with Crippen LogP contribution in [0.5, 0.6) is 0 Å². The molecule has 0 unspecified atom stereocenters. The van der Waals surface area contributed by atoms with E-state index in [0.29, 0.717) is 11.9 Å². The van der Waals surface area contributed by atoms with Gasteiger partial charge in [0.05, 0.1) is 12.1 Å². The van der Waals surface area contributed by atoms with Crippen LogP contribution in [0, 0.1) is 0 Å². The molecule has 3 rings (SSSR count). The minimum Gasteiger partial charge on any atom is -0.476 e.